The number of fused-ring (bicyclic) bond motifs is 1. The van der Waals surface area contributed by atoms with Crippen LogP contribution in [0.3, 0.4) is 0 Å². The molecule has 0 bridgehead atoms. The molecule has 0 saturated heterocycles. The molecule has 1 N–H and O–H groups in total. The third kappa shape index (κ3) is 2.38. The summed E-state index contributed by atoms with van der Waals surface area (Å²) in [5, 5.41) is 9.98. The first-order valence-corrected chi connectivity index (χ1v) is 8.43. The molecule has 6 heteroatoms. The summed E-state index contributed by atoms with van der Waals surface area (Å²) < 4.78 is 3.08. The fraction of sp³-hybridized carbons (Fsp3) is 0.200. The Morgan fingerprint density at radius 3 is 2.86 bits per heavy atom. The second kappa shape index (κ2) is 5.27. The van der Waals surface area contributed by atoms with Gasteiger partial charge in [0.25, 0.3) is 0 Å². The minimum Gasteiger partial charge on any atom is -0.348 e. The molecule has 21 heavy (non-hydrogen) atoms. The highest BCUT2D eigenvalue weighted by atomic mass is 79.9. The molecule has 3 aromatic rings. The Labute approximate surface area is 135 Å². The molecule has 3 heterocycles. The second-order valence-corrected chi connectivity index (χ2v) is 6.94. The molecule has 1 aliphatic rings. The maximum atomic E-state index is 4.38. The molecular formula is C15H13BrN4S. The molecule has 1 aromatic carbocycles. The van der Waals surface area contributed by atoms with Crippen LogP contribution in [0.4, 0.5) is 5.95 Å². The van der Waals surface area contributed by atoms with Gasteiger partial charge >= 0.3 is 0 Å². The molecule has 4 nitrogen and oxygen atoms in total. The number of rotatable bonds is 2. The molecule has 2 aromatic heterocycles. The normalized spacial score (nSPS) is 20.8. The third-order valence-corrected chi connectivity index (χ3v) is 5.28. The van der Waals surface area contributed by atoms with Gasteiger partial charge in [-0.05, 0) is 35.6 Å². The van der Waals surface area contributed by atoms with Crippen molar-refractivity contribution < 1.29 is 0 Å². The van der Waals surface area contributed by atoms with Crippen LogP contribution in [-0.2, 0) is 0 Å². The van der Waals surface area contributed by atoms with E-state index in [2.05, 4.69) is 73.1 Å². The Hall–Kier alpha value is -1.66. The van der Waals surface area contributed by atoms with Crippen molar-refractivity contribution in [2.75, 3.05) is 5.32 Å². The zero-order valence-corrected chi connectivity index (χ0v) is 13.5. The lowest BCUT2D eigenvalue weighted by Gasteiger charge is -2.31. The molecule has 0 saturated carbocycles. The molecule has 0 fully saturated rings. The monoisotopic (exact) mass is 360 g/mol. The highest BCUT2D eigenvalue weighted by Crippen LogP contribution is 2.38. The Morgan fingerprint density at radius 2 is 2.10 bits per heavy atom. The Morgan fingerprint density at radius 1 is 1.24 bits per heavy atom. The van der Waals surface area contributed by atoms with Gasteiger partial charge in [0.1, 0.15) is 6.33 Å². The molecule has 0 amide bonds. The topological polar surface area (TPSA) is 42.7 Å². The molecule has 0 spiro atoms. The van der Waals surface area contributed by atoms with Crippen LogP contribution >= 0.6 is 27.3 Å². The molecule has 4 rings (SSSR count). The van der Waals surface area contributed by atoms with Crippen LogP contribution in [0, 0.1) is 0 Å². The standard InChI is InChI=1S/C15H13BrN4S/c16-11-5-3-10(4-6-11)12-8-13(14-2-1-7-21-14)20-15(19-12)17-9-18-20/h1-7,9,12-13H,8H2,(H,17,18,19)/t12-,13-/m1/s1. The van der Waals surface area contributed by atoms with E-state index in [1.54, 1.807) is 17.7 Å². The van der Waals surface area contributed by atoms with Crippen LogP contribution in [0.2, 0.25) is 0 Å². The van der Waals surface area contributed by atoms with Crippen LogP contribution in [0.5, 0.6) is 0 Å². The number of anilines is 1. The van der Waals surface area contributed by atoms with Crippen LogP contribution < -0.4 is 5.32 Å². The lowest BCUT2D eigenvalue weighted by molar-refractivity contribution is 0.436. The zero-order valence-electron chi connectivity index (χ0n) is 11.1. The summed E-state index contributed by atoms with van der Waals surface area (Å²) in [7, 11) is 0. The van der Waals surface area contributed by atoms with Crippen molar-refractivity contribution in [1.29, 1.82) is 0 Å². The minimum atomic E-state index is 0.248. The van der Waals surface area contributed by atoms with E-state index in [4.69, 9.17) is 0 Å². The van der Waals surface area contributed by atoms with E-state index in [1.807, 2.05) is 4.68 Å². The minimum absolute atomic E-state index is 0.248. The average molecular weight is 361 g/mol. The van der Waals surface area contributed by atoms with E-state index >= 15 is 0 Å². The summed E-state index contributed by atoms with van der Waals surface area (Å²) in [6, 6.07) is 13.2. The van der Waals surface area contributed by atoms with Crippen LogP contribution in [0.1, 0.15) is 28.9 Å². The first-order valence-electron chi connectivity index (χ1n) is 6.76. The summed E-state index contributed by atoms with van der Waals surface area (Å²) in [4.78, 5) is 5.67. The molecular weight excluding hydrogens is 348 g/mol. The maximum absolute atomic E-state index is 4.38. The van der Waals surface area contributed by atoms with Gasteiger partial charge in [0.2, 0.25) is 5.95 Å². The van der Waals surface area contributed by atoms with Crippen molar-refractivity contribution in [3.63, 3.8) is 0 Å². The van der Waals surface area contributed by atoms with Crippen molar-refractivity contribution in [2.24, 2.45) is 0 Å². The van der Waals surface area contributed by atoms with Gasteiger partial charge in [0.05, 0.1) is 12.1 Å². The van der Waals surface area contributed by atoms with E-state index in [-0.39, 0.29) is 12.1 Å². The Bertz CT molecular complexity index is 735. The molecule has 1 aliphatic heterocycles. The zero-order chi connectivity index (χ0) is 14.2. The molecule has 0 unspecified atom stereocenters. The number of hydrogen-bond donors (Lipinski definition) is 1. The molecule has 0 radical (unpaired) electrons. The first-order chi connectivity index (χ1) is 10.3. The lowest BCUT2D eigenvalue weighted by atomic mass is 9.97. The summed E-state index contributed by atoms with van der Waals surface area (Å²) in [5.41, 5.74) is 1.27. The number of aromatic nitrogens is 3. The quantitative estimate of drug-likeness (QED) is 0.742. The van der Waals surface area contributed by atoms with E-state index in [0.29, 0.717) is 0 Å². The van der Waals surface area contributed by atoms with Gasteiger partial charge in [0.15, 0.2) is 0 Å². The van der Waals surface area contributed by atoms with Crippen molar-refractivity contribution >= 4 is 33.2 Å². The van der Waals surface area contributed by atoms with Gasteiger partial charge in [-0.2, -0.15) is 10.1 Å². The smallest absolute Gasteiger partial charge is 0.222 e. The number of halogens is 1. The van der Waals surface area contributed by atoms with Gasteiger partial charge in [-0.15, -0.1) is 11.3 Å². The van der Waals surface area contributed by atoms with Crippen LogP contribution in [0.15, 0.2) is 52.6 Å². The number of thiophene rings is 1. The number of hydrogen-bond acceptors (Lipinski definition) is 4. The highest BCUT2D eigenvalue weighted by molar-refractivity contribution is 9.10. The Kier molecular flexibility index (Phi) is 3.27. The van der Waals surface area contributed by atoms with Crippen LogP contribution in [-0.4, -0.2) is 14.8 Å². The Balaban J connectivity index is 1.72. The summed E-state index contributed by atoms with van der Waals surface area (Å²) in [6.45, 7) is 0. The average Bonchev–Trinajstić information content (AvgIpc) is 3.18. The van der Waals surface area contributed by atoms with Crippen LogP contribution in [0.25, 0.3) is 0 Å². The van der Waals surface area contributed by atoms with Crippen molar-refractivity contribution in [2.45, 2.75) is 18.5 Å². The van der Waals surface area contributed by atoms with Gasteiger partial charge < -0.3 is 5.32 Å². The fourth-order valence-corrected chi connectivity index (χ4v) is 3.84. The molecule has 2 atom stereocenters. The number of benzene rings is 1. The van der Waals surface area contributed by atoms with E-state index < -0.39 is 0 Å². The van der Waals surface area contributed by atoms with Gasteiger partial charge in [0, 0.05) is 9.35 Å². The largest absolute Gasteiger partial charge is 0.348 e. The van der Waals surface area contributed by atoms with E-state index in [1.165, 1.54) is 10.4 Å². The summed E-state index contributed by atoms with van der Waals surface area (Å²) in [5.74, 6) is 0.840. The van der Waals surface area contributed by atoms with Gasteiger partial charge in [-0.25, -0.2) is 4.68 Å². The van der Waals surface area contributed by atoms with Gasteiger partial charge in [-0.1, -0.05) is 34.1 Å². The highest BCUT2D eigenvalue weighted by Gasteiger charge is 2.30. The van der Waals surface area contributed by atoms with E-state index in [0.717, 1.165) is 16.8 Å². The summed E-state index contributed by atoms with van der Waals surface area (Å²) >= 11 is 5.26. The SMILES string of the molecule is Brc1ccc([C@H]2C[C@H](c3cccs3)n3ncnc3N2)cc1. The number of nitrogens with zero attached hydrogens (tertiary/aromatic N) is 3. The fourth-order valence-electron chi connectivity index (χ4n) is 2.75. The van der Waals surface area contributed by atoms with Gasteiger partial charge in [-0.3, -0.25) is 0 Å². The van der Waals surface area contributed by atoms with Crippen molar-refractivity contribution in [1.82, 2.24) is 14.8 Å². The predicted octanol–water partition coefficient (Wildman–Crippen LogP) is 4.25. The molecule has 106 valence electrons. The lowest BCUT2D eigenvalue weighted by Crippen LogP contribution is -2.27. The van der Waals surface area contributed by atoms with E-state index in [9.17, 15) is 0 Å². The first kappa shape index (κ1) is 13.0. The molecule has 0 aliphatic carbocycles. The number of nitrogens with one attached hydrogen (secondary N) is 1. The predicted molar refractivity (Wildman–Crippen MR) is 87.6 cm³/mol. The third-order valence-electron chi connectivity index (χ3n) is 3.77. The van der Waals surface area contributed by atoms with Crippen molar-refractivity contribution in [3.05, 3.63) is 63.0 Å². The second-order valence-electron chi connectivity index (χ2n) is 5.04. The summed E-state index contributed by atoms with van der Waals surface area (Å²) in [6.07, 6.45) is 2.59. The maximum Gasteiger partial charge on any atom is 0.222 e. The van der Waals surface area contributed by atoms with Crippen molar-refractivity contribution in [3.8, 4) is 0 Å².